The van der Waals surface area contributed by atoms with Crippen LogP contribution in [0.2, 0.25) is 0 Å². The first-order chi connectivity index (χ1) is 14.8. The van der Waals surface area contributed by atoms with E-state index in [4.69, 9.17) is 4.42 Å². The van der Waals surface area contributed by atoms with E-state index < -0.39 is 32.3 Å². The SMILES string of the molecule is O=C(Nc1cccc(S(=O)(=O)C(F)F)c1)C(=Cc1ccco1)NC(=O)c1ccccc1. The van der Waals surface area contributed by atoms with Gasteiger partial charge in [-0.25, -0.2) is 8.42 Å². The molecule has 31 heavy (non-hydrogen) atoms. The zero-order valence-electron chi connectivity index (χ0n) is 15.8. The van der Waals surface area contributed by atoms with E-state index >= 15 is 0 Å². The van der Waals surface area contributed by atoms with Crippen LogP contribution in [-0.4, -0.2) is 26.0 Å². The van der Waals surface area contributed by atoms with E-state index in [1.807, 2.05) is 0 Å². The summed E-state index contributed by atoms with van der Waals surface area (Å²) in [5.74, 6) is -4.71. The van der Waals surface area contributed by atoms with Crippen LogP contribution in [0, 0.1) is 0 Å². The fourth-order valence-corrected chi connectivity index (χ4v) is 3.28. The third-order valence-corrected chi connectivity index (χ3v) is 5.39. The van der Waals surface area contributed by atoms with E-state index in [-0.39, 0.29) is 17.1 Å². The number of nitrogens with one attached hydrogen (secondary N) is 2. The van der Waals surface area contributed by atoms with Crippen LogP contribution in [-0.2, 0) is 14.6 Å². The Bertz CT molecular complexity index is 1210. The molecule has 7 nitrogen and oxygen atoms in total. The maximum atomic E-state index is 12.8. The summed E-state index contributed by atoms with van der Waals surface area (Å²) in [6, 6.07) is 15.7. The lowest BCUT2D eigenvalue weighted by atomic mass is 10.2. The molecule has 2 aromatic carbocycles. The highest BCUT2D eigenvalue weighted by Crippen LogP contribution is 2.22. The number of hydrogen-bond donors (Lipinski definition) is 2. The topological polar surface area (TPSA) is 105 Å². The van der Waals surface area contributed by atoms with Gasteiger partial charge in [0, 0.05) is 17.3 Å². The number of carbonyl (C=O) groups excluding carboxylic acids is 2. The molecule has 0 aliphatic rings. The van der Waals surface area contributed by atoms with Gasteiger partial charge in [0.2, 0.25) is 9.84 Å². The van der Waals surface area contributed by atoms with Crippen molar-refractivity contribution in [3.63, 3.8) is 0 Å². The van der Waals surface area contributed by atoms with E-state index in [9.17, 15) is 26.8 Å². The van der Waals surface area contributed by atoms with Crippen molar-refractivity contribution in [2.75, 3.05) is 5.32 Å². The zero-order valence-corrected chi connectivity index (χ0v) is 16.6. The van der Waals surface area contributed by atoms with E-state index in [0.29, 0.717) is 5.56 Å². The Kier molecular flexibility index (Phi) is 6.61. The van der Waals surface area contributed by atoms with Crippen LogP contribution >= 0.6 is 0 Å². The van der Waals surface area contributed by atoms with Crippen LogP contribution in [0.15, 0.2) is 88.0 Å². The van der Waals surface area contributed by atoms with Crippen LogP contribution in [0.4, 0.5) is 14.5 Å². The summed E-state index contributed by atoms with van der Waals surface area (Å²) < 4.78 is 54.1. The molecule has 0 saturated carbocycles. The minimum absolute atomic E-state index is 0.0500. The molecule has 0 atom stereocenters. The van der Waals surface area contributed by atoms with Gasteiger partial charge in [0.15, 0.2) is 0 Å². The smallest absolute Gasteiger partial charge is 0.341 e. The van der Waals surface area contributed by atoms with Crippen molar-refractivity contribution in [3.8, 4) is 0 Å². The van der Waals surface area contributed by atoms with Gasteiger partial charge < -0.3 is 15.1 Å². The molecule has 3 aromatic rings. The summed E-state index contributed by atoms with van der Waals surface area (Å²) >= 11 is 0. The number of hydrogen-bond acceptors (Lipinski definition) is 5. The van der Waals surface area contributed by atoms with Crippen LogP contribution in [0.25, 0.3) is 6.08 Å². The van der Waals surface area contributed by atoms with Crippen LogP contribution in [0.1, 0.15) is 16.1 Å². The number of alkyl halides is 2. The van der Waals surface area contributed by atoms with Crippen molar-refractivity contribution in [3.05, 3.63) is 90.0 Å². The lowest BCUT2D eigenvalue weighted by molar-refractivity contribution is -0.113. The monoisotopic (exact) mass is 446 g/mol. The largest absolute Gasteiger partial charge is 0.465 e. The summed E-state index contributed by atoms with van der Waals surface area (Å²) in [4.78, 5) is 24.6. The lowest BCUT2D eigenvalue weighted by Crippen LogP contribution is -2.30. The minimum Gasteiger partial charge on any atom is -0.465 e. The van der Waals surface area contributed by atoms with Gasteiger partial charge >= 0.3 is 5.76 Å². The summed E-state index contributed by atoms with van der Waals surface area (Å²) in [5.41, 5.74) is 0.0441. The molecule has 0 radical (unpaired) electrons. The van der Waals surface area contributed by atoms with Gasteiger partial charge in [-0.2, -0.15) is 8.78 Å². The summed E-state index contributed by atoms with van der Waals surface area (Å²) in [6.07, 6.45) is 2.65. The van der Waals surface area contributed by atoms with Gasteiger partial charge in [0.1, 0.15) is 11.5 Å². The third-order valence-electron chi connectivity index (χ3n) is 4.01. The zero-order chi connectivity index (χ0) is 22.4. The number of benzene rings is 2. The molecule has 2 amide bonds. The van der Waals surface area contributed by atoms with Gasteiger partial charge in [-0.3, -0.25) is 9.59 Å². The molecule has 0 aliphatic carbocycles. The van der Waals surface area contributed by atoms with Gasteiger partial charge in [-0.15, -0.1) is 0 Å². The van der Waals surface area contributed by atoms with Crippen LogP contribution in [0.3, 0.4) is 0 Å². The highest BCUT2D eigenvalue weighted by Gasteiger charge is 2.27. The number of halogens is 2. The second kappa shape index (κ2) is 9.35. The number of rotatable bonds is 7. The average Bonchev–Trinajstić information content (AvgIpc) is 3.27. The molecular formula is C21H16F2N2O5S. The predicted octanol–water partition coefficient (Wildman–Crippen LogP) is 3.69. The Morgan fingerprint density at radius 2 is 1.71 bits per heavy atom. The molecule has 0 bridgehead atoms. The Labute approximate surface area is 176 Å². The molecule has 1 aromatic heterocycles. The number of carbonyl (C=O) groups is 2. The third kappa shape index (κ3) is 5.43. The van der Waals surface area contributed by atoms with E-state index in [1.165, 1.54) is 24.5 Å². The first-order valence-electron chi connectivity index (χ1n) is 8.82. The molecule has 2 N–H and O–H groups in total. The van der Waals surface area contributed by atoms with Gasteiger partial charge in [0.25, 0.3) is 11.8 Å². The van der Waals surface area contributed by atoms with Crippen molar-refractivity contribution in [2.24, 2.45) is 0 Å². The molecule has 160 valence electrons. The second-order valence-electron chi connectivity index (χ2n) is 6.18. The molecule has 3 rings (SSSR count). The molecular weight excluding hydrogens is 430 g/mol. The van der Waals surface area contributed by atoms with Gasteiger partial charge in [-0.05, 0) is 42.5 Å². The van der Waals surface area contributed by atoms with Gasteiger partial charge in [0.05, 0.1) is 11.2 Å². The van der Waals surface area contributed by atoms with Crippen molar-refractivity contribution in [1.29, 1.82) is 0 Å². The van der Waals surface area contributed by atoms with Crippen LogP contribution < -0.4 is 10.6 Å². The molecule has 0 spiro atoms. The standard InChI is InChI=1S/C21H16F2N2O5S/c22-21(23)31(28,29)17-10-4-8-15(12-17)24-20(27)18(13-16-9-5-11-30-16)25-19(26)14-6-2-1-3-7-14/h1-13,21H,(H,24,27)(H,25,26). The highest BCUT2D eigenvalue weighted by molar-refractivity contribution is 7.91. The number of amides is 2. The Hall–Kier alpha value is -3.79. The number of sulfone groups is 1. The minimum atomic E-state index is -4.84. The highest BCUT2D eigenvalue weighted by atomic mass is 32.2. The molecule has 0 unspecified atom stereocenters. The fourth-order valence-electron chi connectivity index (χ4n) is 2.51. The summed E-state index contributed by atoms with van der Waals surface area (Å²) in [6.45, 7) is 0. The second-order valence-corrected chi connectivity index (χ2v) is 8.10. The van der Waals surface area contributed by atoms with Crippen molar-refractivity contribution < 1.29 is 31.2 Å². The maximum absolute atomic E-state index is 12.8. The van der Waals surface area contributed by atoms with E-state index in [0.717, 1.165) is 12.1 Å². The summed E-state index contributed by atoms with van der Waals surface area (Å²) in [5, 5.41) is 4.86. The Morgan fingerprint density at radius 1 is 0.968 bits per heavy atom. The van der Waals surface area contributed by atoms with Crippen LogP contribution in [0.5, 0.6) is 0 Å². The number of anilines is 1. The van der Waals surface area contributed by atoms with E-state index in [1.54, 1.807) is 42.5 Å². The average molecular weight is 446 g/mol. The molecule has 10 heteroatoms. The predicted molar refractivity (Wildman–Crippen MR) is 109 cm³/mol. The fraction of sp³-hybridized carbons (Fsp3) is 0.0476. The van der Waals surface area contributed by atoms with E-state index in [2.05, 4.69) is 10.6 Å². The normalized spacial score (nSPS) is 11.9. The van der Waals surface area contributed by atoms with Crippen molar-refractivity contribution in [2.45, 2.75) is 10.7 Å². The van der Waals surface area contributed by atoms with Crippen molar-refractivity contribution >= 4 is 33.4 Å². The molecule has 0 fully saturated rings. The first-order valence-corrected chi connectivity index (χ1v) is 10.4. The van der Waals surface area contributed by atoms with Gasteiger partial charge in [-0.1, -0.05) is 24.3 Å². The Morgan fingerprint density at radius 3 is 2.35 bits per heavy atom. The molecule has 0 aliphatic heterocycles. The Balaban J connectivity index is 1.87. The quantitative estimate of drug-likeness (QED) is 0.539. The summed E-state index contributed by atoms with van der Waals surface area (Å²) in [7, 11) is -4.84. The van der Waals surface area contributed by atoms with Crippen molar-refractivity contribution in [1.82, 2.24) is 5.32 Å². The number of furan rings is 1. The molecule has 1 heterocycles. The molecule has 0 saturated heterocycles. The maximum Gasteiger partial charge on any atom is 0.341 e. The first kappa shape index (κ1) is 21.9. The lowest BCUT2D eigenvalue weighted by Gasteiger charge is -2.12.